The number of halogens is 1. The van der Waals surface area contributed by atoms with Crippen LogP contribution in [0.4, 0.5) is 0 Å². The van der Waals surface area contributed by atoms with Gasteiger partial charge in [0.1, 0.15) is 12.4 Å². The molecule has 5 rings (SSSR count). The van der Waals surface area contributed by atoms with Crippen LogP contribution in [0.3, 0.4) is 0 Å². The predicted octanol–water partition coefficient (Wildman–Crippen LogP) is 5.29. The van der Waals surface area contributed by atoms with E-state index in [2.05, 4.69) is 11.1 Å². The zero-order chi connectivity index (χ0) is 29.1. The van der Waals surface area contributed by atoms with Crippen LogP contribution in [-0.2, 0) is 16.1 Å². The number of nitriles is 1. The summed E-state index contributed by atoms with van der Waals surface area (Å²) < 4.78 is 13.6. The van der Waals surface area contributed by atoms with Gasteiger partial charge in [0.2, 0.25) is 0 Å². The van der Waals surface area contributed by atoms with Crippen LogP contribution >= 0.6 is 22.9 Å². The van der Waals surface area contributed by atoms with Gasteiger partial charge < -0.3 is 9.47 Å². The van der Waals surface area contributed by atoms with Gasteiger partial charge in [0.05, 0.1) is 39.6 Å². The molecule has 7 nitrogen and oxygen atoms in total. The lowest BCUT2D eigenvalue weighted by Crippen LogP contribution is -2.40. The highest BCUT2D eigenvalue weighted by molar-refractivity contribution is 7.07. The second-order valence-electron chi connectivity index (χ2n) is 9.68. The molecule has 0 radical (unpaired) electrons. The second-order valence-corrected chi connectivity index (χ2v) is 11.1. The molecule has 1 atom stereocenters. The van der Waals surface area contributed by atoms with Crippen LogP contribution in [-0.4, -0.2) is 16.6 Å². The van der Waals surface area contributed by atoms with Crippen LogP contribution in [0.15, 0.2) is 93.9 Å². The summed E-state index contributed by atoms with van der Waals surface area (Å²) in [5.41, 5.74) is 3.23. The van der Waals surface area contributed by atoms with E-state index in [1.165, 1.54) is 15.9 Å². The van der Waals surface area contributed by atoms with E-state index in [9.17, 15) is 14.9 Å². The van der Waals surface area contributed by atoms with Gasteiger partial charge in [0.25, 0.3) is 5.56 Å². The third kappa shape index (κ3) is 5.87. The molecule has 1 aromatic heterocycles. The SMILES string of the molecule is CC1=C(C(=O)OC(C)C)[C@@H](c2ccc(Cl)cc2)n2c(s/c(=C\c3ccccc3OCc3ccccc3C#N)c2=O)=N1. The van der Waals surface area contributed by atoms with E-state index in [4.69, 9.17) is 21.1 Å². The molecule has 0 N–H and O–H groups in total. The third-order valence-electron chi connectivity index (χ3n) is 6.50. The van der Waals surface area contributed by atoms with Crippen molar-refractivity contribution in [3.63, 3.8) is 0 Å². The first-order valence-electron chi connectivity index (χ1n) is 13.0. The Morgan fingerprint density at radius 3 is 2.56 bits per heavy atom. The normalized spacial score (nSPS) is 14.8. The first-order chi connectivity index (χ1) is 19.8. The fraction of sp³-hybridized carbons (Fsp3) is 0.188. The number of ether oxygens (including phenoxy) is 2. The summed E-state index contributed by atoms with van der Waals surface area (Å²) in [6.45, 7) is 5.50. The fourth-order valence-corrected chi connectivity index (χ4v) is 5.77. The van der Waals surface area contributed by atoms with Gasteiger partial charge in [-0.05, 0) is 56.7 Å². The van der Waals surface area contributed by atoms with Gasteiger partial charge in [-0.3, -0.25) is 9.36 Å². The van der Waals surface area contributed by atoms with Gasteiger partial charge in [-0.2, -0.15) is 5.26 Å². The van der Waals surface area contributed by atoms with E-state index in [1.54, 1.807) is 57.2 Å². The van der Waals surface area contributed by atoms with Crippen molar-refractivity contribution in [2.24, 2.45) is 4.99 Å². The Labute approximate surface area is 245 Å². The number of benzene rings is 3. The molecule has 3 aromatic carbocycles. The molecule has 9 heteroatoms. The van der Waals surface area contributed by atoms with Crippen molar-refractivity contribution in [2.45, 2.75) is 39.5 Å². The largest absolute Gasteiger partial charge is 0.488 e. The van der Waals surface area contributed by atoms with Crippen LogP contribution in [0.2, 0.25) is 5.02 Å². The Morgan fingerprint density at radius 1 is 1.12 bits per heavy atom. The molecule has 1 aliphatic heterocycles. The van der Waals surface area contributed by atoms with Crippen molar-refractivity contribution in [1.29, 1.82) is 5.26 Å². The zero-order valence-corrected chi connectivity index (χ0v) is 24.2. The predicted molar refractivity (Wildman–Crippen MR) is 158 cm³/mol. The van der Waals surface area contributed by atoms with Crippen molar-refractivity contribution in [3.05, 3.63) is 131 Å². The van der Waals surface area contributed by atoms with Crippen molar-refractivity contribution >= 4 is 35.0 Å². The molecule has 0 saturated heterocycles. The molecule has 0 unspecified atom stereocenters. The number of carbonyl (C=O) groups excluding carboxylic acids is 1. The third-order valence-corrected chi connectivity index (χ3v) is 7.73. The number of hydrogen-bond acceptors (Lipinski definition) is 7. The Balaban J connectivity index is 1.59. The number of carbonyl (C=O) groups is 1. The maximum atomic E-state index is 13.9. The quantitative estimate of drug-likeness (QED) is 0.276. The summed E-state index contributed by atoms with van der Waals surface area (Å²) in [5.74, 6) is 0.0459. The molecule has 4 aromatic rings. The minimum Gasteiger partial charge on any atom is -0.488 e. The molecule has 0 fully saturated rings. The fourth-order valence-electron chi connectivity index (χ4n) is 4.60. The highest BCUT2D eigenvalue weighted by Gasteiger charge is 2.33. The first kappa shape index (κ1) is 28.1. The Morgan fingerprint density at radius 2 is 1.83 bits per heavy atom. The average Bonchev–Trinajstić information content (AvgIpc) is 3.26. The summed E-state index contributed by atoms with van der Waals surface area (Å²) in [6.07, 6.45) is 1.43. The van der Waals surface area contributed by atoms with E-state index < -0.39 is 12.0 Å². The molecule has 0 spiro atoms. The molecule has 1 aliphatic rings. The van der Waals surface area contributed by atoms with Crippen LogP contribution in [0.25, 0.3) is 6.08 Å². The summed E-state index contributed by atoms with van der Waals surface area (Å²) in [5, 5.41) is 9.96. The molecular weight excluding hydrogens is 558 g/mol. The highest BCUT2D eigenvalue weighted by atomic mass is 35.5. The van der Waals surface area contributed by atoms with E-state index in [0.717, 1.165) is 5.56 Å². The van der Waals surface area contributed by atoms with Gasteiger partial charge >= 0.3 is 5.97 Å². The lowest BCUT2D eigenvalue weighted by molar-refractivity contribution is -0.143. The van der Waals surface area contributed by atoms with Crippen molar-refractivity contribution in [3.8, 4) is 11.8 Å². The number of nitrogens with zero attached hydrogens (tertiary/aromatic N) is 3. The number of aromatic nitrogens is 1. The van der Waals surface area contributed by atoms with Crippen LogP contribution in [0, 0.1) is 11.3 Å². The number of esters is 1. The standard InChI is InChI=1S/C32H26ClN3O4S/c1-19(2)40-31(38)28-20(3)35-32-36(29(28)21-12-14-25(33)15-13-21)30(37)27(41-32)16-22-8-6-7-11-26(22)39-18-24-10-5-4-9-23(24)17-34/h4-16,19,29H,18H2,1-3H3/b27-16-/t29-/m1/s1. The van der Waals surface area contributed by atoms with Crippen molar-refractivity contribution < 1.29 is 14.3 Å². The number of hydrogen-bond donors (Lipinski definition) is 0. The van der Waals surface area contributed by atoms with Gasteiger partial charge in [-0.25, -0.2) is 9.79 Å². The maximum Gasteiger partial charge on any atom is 0.338 e. The van der Waals surface area contributed by atoms with Gasteiger partial charge in [-0.1, -0.05) is 71.5 Å². The minimum absolute atomic E-state index is 0.201. The summed E-state index contributed by atoms with van der Waals surface area (Å²) >= 11 is 7.38. The molecule has 0 saturated carbocycles. The molecule has 0 aliphatic carbocycles. The minimum atomic E-state index is -0.731. The molecule has 0 bridgehead atoms. The lowest BCUT2D eigenvalue weighted by atomic mass is 9.96. The molecule has 41 heavy (non-hydrogen) atoms. The van der Waals surface area contributed by atoms with Gasteiger partial charge in [0.15, 0.2) is 4.80 Å². The summed E-state index contributed by atoms with van der Waals surface area (Å²) in [4.78, 5) is 32.3. The summed E-state index contributed by atoms with van der Waals surface area (Å²) in [7, 11) is 0. The van der Waals surface area contributed by atoms with Crippen LogP contribution in [0.5, 0.6) is 5.75 Å². The van der Waals surface area contributed by atoms with E-state index in [-0.39, 0.29) is 18.3 Å². The second kappa shape index (κ2) is 12.0. The Bertz CT molecular complexity index is 1880. The van der Waals surface area contributed by atoms with Crippen LogP contribution < -0.4 is 19.6 Å². The summed E-state index contributed by atoms with van der Waals surface area (Å²) in [6, 6.07) is 23.2. The monoisotopic (exact) mass is 583 g/mol. The molecule has 2 heterocycles. The van der Waals surface area contributed by atoms with E-state index in [0.29, 0.717) is 48.1 Å². The number of allylic oxidation sites excluding steroid dienone is 1. The zero-order valence-electron chi connectivity index (χ0n) is 22.6. The van der Waals surface area contributed by atoms with Crippen LogP contribution in [0.1, 0.15) is 49.1 Å². The molecular formula is C32H26ClN3O4S. The van der Waals surface area contributed by atoms with Crippen molar-refractivity contribution in [2.75, 3.05) is 0 Å². The number of rotatable bonds is 7. The van der Waals surface area contributed by atoms with Crippen molar-refractivity contribution in [1.82, 2.24) is 4.57 Å². The number of para-hydroxylation sites is 1. The molecule has 0 amide bonds. The maximum absolute atomic E-state index is 13.9. The Kier molecular flexibility index (Phi) is 8.20. The van der Waals surface area contributed by atoms with Gasteiger partial charge in [0, 0.05) is 16.1 Å². The van der Waals surface area contributed by atoms with E-state index in [1.807, 2.05) is 42.5 Å². The average molecular weight is 584 g/mol. The molecule has 206 valence electrons. The number of fused-ring (bicyclic) bond motifs is 1. The first-order valence-corrected chi connectivity index (χ1v) is 14.1. The Hall–Kier alpha value is -4.45. The topological polar surface area (TPSA) is 93.7 Å². The lowest BCUT2D eigenvalue weighted by Gasteiger charge is -2.25. The van der Waals surface area contributed by atoms with Gasteiger partial charge in [-0.15, -0.1) is 0 Å². The highest BCUT2D eigenvalue weighted by Crippen LogP contribution is 2.31. The van der Waals surface area contributed by atoms with E-state index >= 15 is 0 Å². The smallest absolute Gasteiger partial charge is 0.338 e. The number of thiazole rings is 1.